The fraction of sp³-hybridized carbons (Fsp3) is 0.500. The van der Waals surface area contributed by atoms with E-state index in [0.29, 0.717) is 0 Å². The van der Waals surface area contributed by atoms with E-state index in [1.807, 2.05) is 12.4 Å². The summed E-state index contributed by atoms with van der Waals surface area (Å²) >= 11 is 0. The minimum absolute atomic E-state index is 0.217. The first-order valence-corrected chi connectivity index (χ1v) is 8.06. The Bertz CT molecular complexity index is 577. The molecule has 0 saturated heterocycles. The lowest BCUT2D eigenvalue weighted by Gasteiger charge is -2.25. The maximum absolute atomic E-state index is 4.65. The number of nitrogens with zero attached hydrogens (tertiary/aromatic N) is 2. The van der Waals surface area contributed by atoms with E-state index in [4.69, 9.17) is 0 Å². The molecule has 0 aromatic carbocycles. The van der Waals surface area contributed by atoms with Crippen molar-refractivity contribution in [3.8, 4) is 0 Å². The zero-order valence-corrected chi connectivity index (χ0v) is 14.6. The number of rotatable bonds is 5. The molecule has 0 fully saturated rings. The van der Waals surface area contributed by atoms with Crippen molar-refractivity contribution < 1.29 is 0 Å². The van der Waals surface area contributed by atoms with Gasteiger partial charge in [0.2, 0.25) is 0 Å². The van der Waals surface area contributed by atoms with Gasteiger partial charge in [0.15, 0.2) is 0 Å². The van der Waals surface area contributed by atoms with Crippen LogP contribution in [0, 0.1) is 10.8 Å². The monoisotopic (exact) mass is 296 g/mol. The summed E-state index contributed by atoms with van der Waals surface area (Å²) in [5.74, 6) is 0. The molecule has 0 radical (unpaired) electrons. The van der Waals surface area contributed by atoms with Crippen molar-refractivity contribution in [2.45, 2.75) is 53.9 Å². The third kappa shape index (κ3) is 5.59. The molecule has 0 N–H and O–H groups in total. The molecule has 0 amide bonds. The molecule has 0 bridgehead atoms. The van der Waals surface area contributed by atoms with Gasteiger partial charge in [-0.05, 0) is 59.4 Å². The number of hydrogen-bond donors (Lipinski definition) is 0. The predicted molar refractivity (Wildman–Crippen MR) is 92.8 cm³/mol. The van der Waals surface area contributed by atoms with Gasteiger partial charge in [-0.2, -0.15) is 0 Å². The standard InChI is InChI=1S/C20H28N2/c1-19(2,3)14-18-7-6-17(15-22-18)13-20(4,5)12-16-8-10-21-11-9-16/h6-11,15H,12-14H2,1-5H3. The molecule has 0 unspecified atom stereocenters. The summed E-state index contributed by atoms with van der Waals surface area (Å²) in [5.41, 5.74) is 4.35. The predicted octanol–water partition coefficient (Wildman–Crippen LogP) is 4.88. The van der Waals surface area contributed by atoms with Crippen molar-refractivity contribution in [3.63, 3.8) is 0 Å². The molecule has 22 heavy (non-hydrogen) atoms. The van der Waals surface area contributed by atoms with Gasteiger partial charge < -0.3 is 0 Å². The normalized spacial score (nSPS) is 12.4. The highest BCUT2D eigenvalue weighted by Crippen LogP contribution is 2.27. The van der Waals surface area contributed by atoms with Crippen molar-refractivity contribution >= 4 is 0 Å². The first-order chi connectivity index (χ1) is 10.2. The third-order valence-electron chi connectivity index (χ3n) is 3.71. The van der Waals surface area contributed by atoms with Gasteiger partial charge >= 0.3 is 0 Å². The van der Waals surface area contributed by atoms with Crippen LogP contribution in [0.2, 0.25) is 0 Å². The molecule has 2 heterocycles. The molecular formula is C20H28N2. The molecule has 0 saturated carbocycles. The van der Waals surface area contributed by atoms with E-state index < -0.39 is 0 Å². The van der Waals surface area contributed by atoms with E-state index in [-0.39, 0.29) is 10.8 Å². The summed E-state index contributed by atoms with van der Waals surface area (Å²) in [7, 11) is 0. The molecule has 0 atom stereocenters. The highest BCUT2D eigenvalue weighted by Gasteiger charge is 2.20. The minimum Gasteiger partial charge on any atom is -0.265 e. The van der Waals surface area contributed by atoms with Crippen LogP contribution < -0.4 is 0 Å². The molecular weight excluding hydrogens is 268 g/mol. The summed E-state index contributed by atoms with van der Waals surface area (Å²) in [4.78, 5) is 8.73. The van der Waals surface area contributed by atoms with Crippen LogP contribution in [0.25, 0.3) is 0 Å². The SMILES string of the molecule is CC(C)(C)Cc1ccc(CC(C)(C)Cc2ccncc2)cn1. The van der Waals surface area contributed by atoms with Crippen LogP contribution in [0.3, 0.4) is 0 Å². The van der Waals surface area contributed by atoms with E-state index in [1.165, 1.54) is 16.8 Å². The Kier molecular flexibility index (Phi) is 5.00. The number of pyridine rings is 2. The lowest BCUT2D eigenvalue weighted by atomic mass is 9.80. The molecule has 2 rings (SSSR count). The smallest absolute Gasteiger partial charge is 0.0409 e. The maximum Gasteiger partial charge on any atom is 0.0409 e. The Hall–Kier alpha value is -1.70. The highest BCUT2D eigenvalue weighted by molar-refractivity contribution is 5.18. The molecule has 2 nitrogen and oxygen atoms in total. The molecule has 0 aliphatic heterocycles. The molecule has 118 valence electrons. The van der Waals surface area contributed by atoms with Crippen molar-refractivity contribution in [3.05, 3.63) is 59.7 Å². The summed E-state index contributed by atoms with van der Waals surface area (Å²) < 4.78 is 0. The second-order valence-electron chi connectivity index (χ2n) is 8.27. The van der Waals surface area contributed by atoms with Gasteiger partial charge in [-0.25, -0.2) is 0 Å². The summed E-state index contributed by atoms with van der Waals surface area (Å²) in [5, 5.41) is 0. The van der Waals surface area contributed by atoms with Gasteiger partial charge in [0, 0.05) is 24.3 Å². The Balaban J connectivity index is 2.00. The molecule has 2 aromatic heterocycles. The second kappa shape index (κ2) is 6.60. The summed E-state index contributed by atoms with van der Waals surface area (Å²) in [6.45, 7) is 11.4. The first kappa shape index (κ1) is 16.7. The Morgan fingerprint density at radius 2 is 1.41 bits per heavy atom. The van der Waals surface area contributed by atoms with Crippen molar-refractivity contribution in [1.29, 1.82) is 0 Å². The quantitative estimate of drug-likeness (QED) is 0.786. The van der Waals surface area contributed by atoms with Crippen molar-refractivity contribution in [2.24, 2.45) is 10.8 Å². The van der Waals surface area contributed by atoms with Crippen LogP contribution in [0.4, 0.5) is 0 Å². The zero-order chi connectivity index (χ0) is 16.2. The molecule has 2 heteroatoms. The van der Waals surface area contributed by atoms with E-state index in [0.717, 1.165) is 19.3 Å². The molecule has 0 aliphatic rings. The third-order valence-corrected chi connectivity index (χ3v) is 3.71. The van der Waals surface area contributed by atoms with Crippen LogP contribution in [-0.2, 0) is 19.3 Å². The van der Waals surface area contributed by atoms with Gasteiger partial charge in [0.25, 0.3) is 0 Å². The Morgan fingerprint density at radius 3 is 1.95 bits per heavy atom. The maximum atomic E-state index is 4.65. The van der Waals surface area contributed by atoms with Crippen molar-refractivity contribution in [2.75, 3.05) is 0 Å². The van der Waals surface area contributed by atoms with Gasteiger partial charge in [-0.3, -0.25) is 9.97 Å². The number of hydrogen-bond acceptors (Lipinski definition) is 2. The summed E-state index contributed by atoms with van der Waals surface area (Å²) in [6.07, 6.45) is 8.91. The fourth-order valence-electron chi connectivity index (χ4n) is 2.88. The van der Waals surface area contributed by atoms with Gasteiger partial charge in [-0.15, -0.1) is 0 Å². The van der Waals surface area contributed by atoms with Crippen LogP contribution in [0.1, 0.15) is 51.4 Å². The topological polar surface area (TPSA) is 25.8 Å². The number of aromatic nitrogens is 2. The van der Waals surface area contributed by atoms with Crippen LogP contribution in [0.5, 0.6) is 0 Å². The van der Waals surface area contributed by atoms with Gasteiger partial charge in [0.1, 0.15) is 0 Å². The van der Waals surface area contributed by atoms with Crippen LogP contribution in [-0.4, -0.2) is 9.97 Å². The first-order valence-electron chi connectivity index (χ1n) is 8.06. The lowest BCUT2D eigenvalue weighted by Crippen LogP contribution is -2.18. The zero-order valence-electron chi connectivity index (χ0n) is 14.6. The largest absolute Gasteiger partial charge is 0.265 e. The van der Waals surface area contributed by atoms with E-state index in [9.17, 15) is 0 Å². The van der Waals surface area contributed by atoms with Crippen LogP contribution >= 0.6 is 0 Å². The fourth-order valence-corrected chi connectivity index (χ4v) is 2.88. The van der Waals surface area contributed by atoms with E-state index in [2.05, 4.69) is 75.0 Å². The molecule has 0 spiro atoms. The highest BCUT2D eigenvalue weighted by atomic mass is 14.7. The molecule has 2 aromatic rings. The van der Waals surface area contributed by atoms with Gasteiger partial charge in [0.05, 0.1) is 0 Å². The van der Waals surface area contributed by atoms with Gasteiger partial charge in [-0.1, -0.05) is 40.7 Å². The van der Waals surface area contributed by atoms with Crippen molar-refractivity contribution in [1.82, 2.24) is 9.97 Å². The molecule has 0 aliphatic carbocycles. The van der Waals surface area contributed by atoms with E-state index >= 15 is 0 Å². The minimum atomic E-state index is 0.217. The van der Waals surface area contributed by atoms with Crippen LogP contribution in [0.15, 0.2) is 42.9 Å². The Morgan fingerprint density at radius 1 is 0.773 bits per heavy atom. The lowest BCUT2D eigenvalue weighted by molar-refractivity contribution is 0.360. The summed E-state index contributed by atoms with van der Waals surface area (Å²) in [6, 6.07) is 8.63. The van der Waals surface area contributed by atoms with E-state index in [1.54, 1.807) is 0 Å². The average molecular weight is 296 g/mol. The second-order valence-corrected chi connectivity index (χ2v) is 8.27. The Labute approximate surface area is 135 Å². The average Bonchev–Trinajstić information content (AvgIpc) is 2.39.